The molecule has 1 aliphatic rings. The molecule has 0 aromatic heterocycles. The van der Waals surface area contributed by atoms with Crippen molar-refractivity contribution in [2.45, 2.75) is 31.2 Å². The summed E-state index contributed by atoms with van der Waals surface area (Å²) in [5.74, 6) is -2.54. The standard InChI is InChI=1S/C15H18FNO4/c1-10(11-3-2-4-12(16)9-11)13(18)17-15(14(19)20)5-7-21-8-6-15/h2-4,9-10H,5-8H2,1H3,(H,17,18)(H,19,20). The van der Waals surface area contributed by atoms with Gasteiger partial charge in [-0.3, -0.25) is 4.79 Å². The first-order valence-electron chi connectivity index (χ1n) is 6.83. The van der Waals surface area contributed by atoms with Crippen molar-refractivity contribution in [3.63, 3.8) is 0 Å². The molecule has 114 valence electrons. The summed E-state index contributed by atoms with van der Waals surface area (Å²) in [5, 5.41) is 12.0. The normalized spacial score (nSPS) is 18.8. The molecule has 5 nitrogen and oxygen atoms in total. The second kappa shape index (κ2) is 6.22. The molecule has 2 rings (SSSR count). The lowest BCUT2D eigenvalue weighted by atomic mass is 9.88. The van der Waals surface area contributed by atoms with E-state index < -0.39 is 29.2 Å². The lowest BCUT2D eigenvalue weighted by Crippen LogP contribution is -2.58. The van der Waals surface area contributed by atoms with Gasteiger partial charge in [0.1, 0.15) is 11.4 Å². The highest BCUT2D eigenvalue weighted by Gasteiger charge is 2.42. The van der Waals surface area contributed by atoms with E-state index >= 15 is 0 Å². The van der Waals surface area contributed by atoms with Gasteiger partial charge in [0.15, 0.2) is 0 Å². The Morgan fingerprint density at radius 3 is 2.62 bits per heavy atom. The molecule has 1 atom stereocenters. The van der Waals surface area contributed by atoms with E-state index in [1.54, 1.807) is 13.0 Å². The number of carbonyl (C=O) groups excluding carboxylic acids is 1. The summed E-state index contributed by atoms with van der Waals surface area (Å²) in [6.45, 7) is 2.21. The van der Waals surface area contributed by atoms with E-state index in [-0.39, 0.29) is 12.8 Å². The molecule has 1 aliphatic heterocycles. The van der Waals surface area contributed by atoms with Gasteiger partial charge < -0.3 is 15.2 Å². The summed E-state index contributed by atoms with van der Waals surface area (Å²) < 4.78 is 18.4. The minimum Gasteiger partial charge on any atom is -0.480 e. The predicted octanol–water partition coefficient (Wildman–Crippen LogP) is 1.68. The van der Waals surface area contributed by atoms with Gasteiger partial charge in [0, 0.05) is 26.1 Å². The summed E-state index contributed by atoms with van der Waals surface area (Å²) in [5.41, 5.74) is -0.781. The number of ether oxygens (including phenoxy) is 1. The number of nitrogens with one attached hydrogen (secondary N) is 1. The first-order chi connectivity index (χ1) is 9.94. The van der Waals surface area contributed by atoms with Crippen LogP contribution in [0.2, 0.25) is 0 Å². The maximum absolute atomic E-state index is 13.2. The van der Waals surface area contributed by atoms with Crippen LogP contribution in [0.1, 0.15) is 31.2 Å². The van der Waals surface area contributed by atoms with Crippen LogP contribution in [0.15, 0.2) is 24.3 Å². The number of carbonyl (C=O) groups is 2. The molecule has 1 fully saturated rings. The summed E-state index contributed by atoms with van der Waals surface area (Å²) in [7, 11) is 0. The summed E-state index contributed by atoms with van der Waals surface area (Å²) >= 11 is 0. The minimum atomic E-state index is -1.29. The average molecular weight is 295 g/mol. The molecule has 1 saturated heterocycles. The second-order valence-electron chi connectivity index (χ2n) is 5.27. The largest absolute Gasteiger partial charge is 0.480 e. The Hall–Kier alpha value is -1.95. The van der Waals surface area contributed by atoms with Crippen LogP contribution < -0.4 is 5.32 Å². The van der Waals surface area contributed by atoms with Crippen LogP contribution in [0.25, 0.3) is 0 Å². The molecule has 0 aliphatic carbocycles. The molecule has 1 heterocycles. The topological polar surface area (TPSA) is 75.6 Å². The highest BCUT2D eigenvalue weighted by molar-refractivity contribution is 5.90. The number of halogens is 1. The van der Waals surface area contributed by atoms with Gasteiger partial charge in [-0.25, -0.2) is 9.18 Å². The number of benzene rings is 1. The SMILES string of the molecule is CC(C(=O)NC1(C(=O)O)CCOCC1)c1cccc(F)c1. The van der Waals surface area contributed by atoms with Crippen molar-refractivity contribution < 1.29 is 23.8 Å². The second-order valence-corrected chi connectivity index (χ2v) is 5.27. The smallest absolute Gasteiger partial charge is 0.329 e. The zero-order valence-corrected chi connectivity index (χ0v) is 11.8. The predicted molar refractivity (Wildman–Crippen MR) is 73.4 cm³/mol. The van der Waals surface area contributed by atoms with E-state index in [1.807, 2.05) is 0 Å². The molecule has 0 spiro atoms. The van der Waals surface area contributed by atoms with Gasteiger partial charge in [0.25, 0.3) is 0 Å². The Morgan fingerprint density at radius 2 is 2.05 bits per heavy atom. The molecular weight excluding hydrogens is 277 g/mol. The first kappa shape index (κ1) is 15.4. The van der Waals surface area contributed by atoms with Crippen LogP contribution in [-0.4, -0.2) is 35.7 Å². The van der Waals surface area contributed by atoms with Crippen molar-refractivity contribution in [1.82, 2.24) is 5.32 Å². The Balaban J connectivity index is 2.13. The van der Waals surface area contributed by atoms with E-state index in [0.717, 1.165) is 0 Å². The van der Waals surface area contributed by atoms with E-state index in [4.69, 9.17) is 4.74 Å². The van der Waals surface area contributed by atoms with Gasteiger partial charge in [-0.2, -0.15) is 0 Å². The highest BCUT2D eigenvalue weighted by Crippen LogP contribution is 2.24. The van der Waals surface area contributed by atoms with Gasteiger partial charge in [-0.05, 0) is 24.6 Å². The summed E-state index contributed by atoms with van der Waals surface area (Å²) in [6, 6.07) is 5.74. The quantitative estimate of drug-likeness (QED) is 0.886. The molecule has 0 radical (unpaired) electrons. The number of hydrogen-bond donors (Lipinski definition) is 2. The monoisotopic (exact) mass is 295 g/mol. The van der Waals surface area contributed by atoms with Gasteiger partial charge in [-0.1, -0.05) is 12.1 Å². The molecule has 1 aromatic rings. The van der Waals surface area contributed by atoms with Gasteiger partial charge >= 0.3 is 5.97 Å². The van der Waals surface area contributed by atoms with Crippen LogP contribution in [0.4, 0.5) is 4.39 Å². The number of rotatable bonds is 4. The van der Waals surface area contributed by atoms with Crippen LogP contribution in [0.5, 0.6) is 0 Å². The van der Waals surface area contributed by atoms with Crippen LogP contribution in [0, 0.1) is 5.82 Å². The Kier molecular flexibility index (Phi) is 4.57. The zero-order valence-electron chi connectivity index (χ0n) is 11.8. The third-order valence-electron chi connectivity index (χ3n) is 3.86. The number of hydrogen-bond acceptors (Lipinski definition) is 3. The van der Waals surface area contributed by atoms with Crippen molar-refractivity contribution in [3.8, 4) is 0 Å². The van der Waals surface area contributed by atoms with Crippen LogP contribution in [0.3, 0.4) is 0 Å². The molecule has 6 heteroatoms. The third-order valence-corrected chi connectivity index (χ3v) is 3.86. The Morgan fingerprint density at radius 1 is 1.38 bits per heavy atom. The Bertz CT molecular complexity index is 540. The number of amides is 1. The van der Waals surface area contributed by atoms with Crippen molar-refractivity contribution in [2.24, 2.45) is 0 Å². The van der Waals surface area contributed by atoms with Gasteiger partial charge in [0.05, 0.1) is 5.92 Å². The lowest BCUT2D eigenvalue weighted by Gasteiger charge is -2.34. The van der Waals surface area contributed by atoms with Crippen molar-refractivity contribution in [2.75, 3.05) is 13.2 Å². The fourth-order valence-corrected chi connectivity index (χ4v) is 2.38. The summed E-state index contributed by atoms with van der Waals surface area (Å²) in [4.78, 5) is 23.8. The zero-order chi connectivity index (χ0) is 15.5. The molecule has 21 heavy (non-hydrogen) atoms. The Labute approximate surface area is 122 Å². The van der Waals surface area contributed by atoms with E-state index in [1.165, 1.54) is 18.2 Å². The molecule has 0 bridgehead atoms. The average Bonchev–Trinajstić information content (AvgIpc) is 2.47. The molecule has 1 unspecified atom stereocenters. The number of carboxylic acids is 1. The van der Waals surface area contributed by atoms with Crippen molar-refractivity contribution in [1.29, 1.82) is 0 Å². The molecule has 1 amide bonds. The lowest BCUT2D eigenvalue weighted by molar-refractivity contribution is -0.152. The fourth-order valence-electron chi connectivity index (χ4n) is 2.38. The maximum Gasteiger partial charge on any atom is 0.329 e. The molecule has 1 aromatic carbocycles. The summed E-state index contributed by atoms with van der Waals surface area (Å²) in [6.07, 6.45) is 0.452. The maximum atomic E-state index is 13.2. The van der Waals surface area contributed by atoms with Crippen molar-refractivity contribution >= 4 is 11.9 Å². The first-order valence-corrected chi connectivity index (χ1v) is 6.83. The van der Waals surface area contributed by atoms with Gasteiger partial charge in [-0.15, -0.1) is 0 Å². The van der Waals surface area contributed by atoms with Gasteiger partial charge in [0.2, 0.25) is 5.91 Å². The van der Waals surface area contributed by atoms with E-state index in [9.17, 15) is 19.1 Å². The highest BCUT2D eigenvalue weighted by atomic mass is 19.1. The number of aliphatic carboxylic acids is 1. The van der Waals surface area contributed by atoms with E-state index in [2.05, 4.69) is 5.32 Å². The van der Waals surface area contributed by atoms with Crippen molar-refractivity contribution in [3.05, 3.63) is 35.6 Å². The van der Waals surface area contributed by atoms with Crippen LogP contribution in [-0.2, 0) is 14.3 Å². The molecular formula is C15H18FNO4. The molecule has 0 saturated carbocycles. The fraction of sp³-hybridized carbons (Fsp3) is 0.467. The minimum absolute atomic E-state index is 0.226. The third kappa shape index (κ3) is 3.39. The van der Waals surface area contributed by atoms with E-state index in [0.29, 0.717) is 18.8 Å². The number of carboxylic acid groups (broad SMARTS) is 1. The molecule has 2 N–H and O–H groups in total. The van der Waals surface area contributed by atoms with Crippen LogP contribution >= 0.6 is 0 Å².